The number of benzene rings is 1. The Kier molecular flexibility index (Phi) is 5.33. The van der Waals surface area contributed by atoms with Crippen LogP contribution in [0.25, 0.3) is 0 Å². The van der Waals surface area contributed by atoms with E-state index in [4.69, 9.17) is 4.74 Å². The van der Waals surface area contributed by atoms with E-state index in [1.807, 2.05) is 6.92 Å². The monoisotopic (exact) mass is 290 g/mol. The topological polar surface area (TPSA) is 67.4 Å². The van der Waals surface area contributed by atoms with Gasteiger partial charge in [-0.05, 0) is 43.1 Å². The molecule has 1 aromatic rings. The van der Waals surface area contributed by atoms with E-state index in [2.05, 4.69) is 17.6 Å². The van der Waals surface area contributed by atoms with Gasteiger partial charge < -0.3 is 15.4 Å². The van der Waals surface area contributed by atoms with Crippen LogP contribution in [0.15, 0.2) is 24.3 Å². The van der Waals surface area contributed by atoms with E-state index >= 15 is 0 Å². The molecule has 2 rings (SSSR count). The van der Waals surface area contributed by atoms with Gasteiger partial charge in [-0.3, -0.25) is 4.79 Å². The number of amides is 1. The van der Waals surface area contributed by atoms with Gasteiger partial charge in [0, 0.05) is 12.2 Å². The fourth-order valence-corrected chi connectivity index (χ4v) is 2.36. The molecule has 0 unspecified atom stereocenters. The molecule has 1 aliphatic rings. The van der Waals surface area contributed by atoms with Crippen LogP contribution in [0.3, 0.4) is 0 Å². The van der Waals surface area contributed by atoms with Crippen molar-refractivity contribution >= 4 is 17.6 Å². The van der Waals surface area contributed by atoms with Crippen LogP contribution >= 0.6 is 0 Å². The number of carbonyl (C=O) groups excluding carboxylic acids is 2. The molecule has 1 amide bonds. The average Bonchev–Trinajstić information content (AvgIpc) is 2.91. The van der Waals surface area contributed by atoms with Crippen molar-refractivity contribution in [1.82, 2.24) is 5.32 Å². The van der Waals surface area contributed by atoms with Gasteiger partial charge in [-0.2, -0.15) is 0 Å². The summed E-state index contributed by atoms with van der Waals surface area (Å²) in [5, 5.41) is 6.10. The largest absolute Gasteiger partial charge is 0.462 e. The van der Waals surface area contributed by atoms with Gasteiger partial charge in [0.1, 0.15) is 0 Å². The number of hydrogen-bond acceptors (Lipinski definition) is 4. The first-order valence-electron chi connectivity index (χ1n) is 7.40. The number of anilines is 1. The number of nitrogens with one attached hydrogen (secondary N) is 2. The van der Waals surface area contributed by atoms with Crippen molar-refractivity contribution in [1.29, 1.82) is 0 Å². The van der Waals surface area contributed by atoms with E-state index in [1.54, 1.807) is 24.3 Å². The lowest BCUT2D eigenvalue weighted by atomic mass is 9.97. The van der Waals surface area contributed by atoms with Gasteiger partial charge >= 0.3 is 5.97 Å². The van der Waals surface area contributed by atoms with Crippen molar-refractivity contribution in [2.45, 2.75) is 20.3 Å². The normalized spacial score (nSPS) is 21.0. The Balaban J connectivity index is 1.93. The minimum absolute atomic E-state index is 0.000744. The highest BCUT2D eigenvalue weighted by Crippen LogP contribution is 2.19. The summed E-state index contributed by atoms with van der Waals surface area (Å²) in [6.45, 7) is 6.03. The van der Waals surface area contributed by atoms with Crippen molar-refractivity contribution in [2.24, 2.45) is 11.8 Å². The summed E-state index contributed by atoms with van der Waals surface area (Å²) >= 11 is 0. The summed E-state index contributed by atoms with van der Waals surface area (Å²) in [4.78, 5) is 23.8. The molecule has 2 atom stereocenters. The van der Waals surface area contributed by atoms with Crippen LogP contribution in [0.1, 0.15) is 30.6 Å². The van der Waals surface area contributed by atoms with Gasteiger partial charge in [-0.1, -0.05) is 13.8 Å². The van der Waals surface area contributed by atoms with Gasteiger partial charge in [0.2, 0.25) is 5.91 Å². The van der Waals surface area contributed by atoms with Crippen molar-refractivity contribution in [3.8, 4) is 0 Å². The Morgan fingerprint density at radius 2 is 2.00 bits per heavy atom. The molecule has 0 bridgehead atoms. The molecule has 5 heteroatoms. The maximum absolute atomic E-state index is 12.1. The molecule has 1 aromatic carbocycles. The summed E-state index contributed by atoms with van der Waals surface area (Å²) in [5.74, 6) is 0.0321. The van der Waals surface area contributed by atoms with Crippen LogP contribution in [0, 0.1) is 11.8 Å². The number of carbonyl (C=O) groups is 2. The summed E-state index contributed by atoms with van der Waals surface area (Å²) in [6, 6.07) is 6.80. The molecule has 1 aliphatic heterocycles. The van der Waals surface area contributed by atoms with Crippen LogP contribution in [-0.4, -0.2) is 31.6 Å². The molecule has 2 N–H and O–H groups in total. The third kappa shape index (κ3) is 4.04. The number of hydrogen-bond donors (Lipinski definition) is 2. The van der Waals surface area contributed by atoms with Crippen molar-refractivity contribution < 1.29 is 14.3 Å². The van der Waals surface area contributed by atoms with E-state index in [0.29, 0.717) is 30.3 Å². The third-order valence-electron chi connectivity index (χ3n) is 3.68. The Bertz CT molecular complexity index is 499. The van der Waals surface area contributed by atoms with Crippen LogP contribution in [0.4, 0.5) is 5.69 Å². The quantitative estimate of drug-likeness (QED) is 0.814. The van der Waals surface area contributed by atoms with Gasteiger partial charge in [0.25, 0.3) is 0 Å². The van der Waals surface area contributed by atoms with Gasteiger partial charge in [-0.15, -0.1) is 0 Å². The Hall–Kier alpha value is -1.88. The fourth-order valence-electron chi connectivity index (χ4n) is 2.36. The van der Waals surface area contributed by atoms with E-state index in [0.717, 1.165) is 13.0 Å². The summed E-state index contributed by atoms with van der Waals surface area (Å²) < 4.78 is 5.06. The molecule has 114 valence electrons. The van der Waals surface area contributed by atoms with Gasteiger partial charge in [0.15, 0.2) is 0 Å². The van der Waals surface area contributed by atoms with E-state index in [-0.39, 0.29) is 17.8 Å². The molecule has 1 heterocycles. The number of rotatable bonds is 5. The maximum Gasteiger partial charge on any atom is 0.338 e. The Labute approximate surface area is 125 Å². The van der Waals surface area contributed by atoms with Crippen molar-refractivity contribution in [3.63, 3.8) is 0 Å². The Morgan fingerprint density at radius 1 is 1.29 bits per heavy atom. The predicted octanol–water partition coefficient (Wildman–Crippen LogP) is 2.05. The SMILES string of the molecule is CCCOC(=O)c1ccc(NC(=O)[C@@H]2CNC[C@H]2C)cc1. The van der Waals surface area contributed by atoms with Crippen LogP contribution in [0.5, 0.6) is 0 Å². The highest BCUT2D eigenvalue weighted by atomic mass is 16.5. The van der Waals surface area contributed by atoms with Crippen molar-refractivity contribution in [2.75, 3.05) is 25.0 Å². The van der Waals surface area contributed by atoms with Gasteiger partial charge in [-0.25, -0.2) is 4.79 Å². The molecular formula is C16H22N2O3. The maximum atomic E-state index is 12.1. The zero-order valence-electron chi connectivity index (χ0n) is 12.5. The predicted molar refractivity (Wildman–Crippen MR) is 81.2 cm³/mol. The molecule has 0 aliphatic carbocycles. The fraction of sp³-hybridized carbons (Fsp3) is 0.500. The second-order valence-corrected chi connectivity index (χ2v) is 5.44. The molecule has 0 saturated carbocycles. The lowest BCUT2D eigenvalue weighted by molar-refractivity contribution is -0.120. The first-order chi connectivity index (χ1) is 10.1. The standard InChI is InChI=1S/C16H22N2O3/c1-3-8-21-16(20)12-4-6-13(7-5-12)18-15(19)14-10-17-9-11(14)2/h4-7,11,14,17H,3,8-10H2,1-2H3,(H,18,19)/t11-,14-/m1/s1. The molecule has 5 nitrogen and oxygen atoms in total. The summed E-state index contributed by atoms with van der Waals surface area (Å²) in [7, 11) is 0. The summed E-state index contributed by atoms with van der Waals surface area (Å²) in [5.41, 5.74) is 1.20. The van der Waals surface area contributed by atoms with Crippen LogP contribution < -0.4 is 10.6 Å². The average molecular weight is 290 g/mol. The Morgan fingerprint density at radius 3 is 2.57 bits per heavy atom. The molecule has 0 spiro atoms. The second kappa shape index (κ2) is 7.22. The lowest BCUT2D eigenvalue weighted by Gasteiger charge is -2.14. The van der Waals surface area contributed by atoms with Gasteiger partial charge in [0.05, 0.1) is 18.1 Å². The minimum Gasteiger partial charge on any atom is -0.462 e. The van der Waals surface area contributed by atoms with E-state index in [9.17, 15) is 9.59 Å². The third-order valence-corrected chi connectivity index (χ3v) is 3.68. The molecule has 0 aromatic heterocycles. The molecule has 21 heavy (non-hydrogen) atoms. The highest BCUT2D eigenvalue weighted by molar-refractivity contribution is 5.94. The van der Waals surface area contributed by atoms with Crippen molar-refractivity contribution in [3.05, 3.63) is 29.8 Å². The molecular weight excluding hydrogens is 268 g/mol. The van der Waals surface area contributed by atoms with E-state index < -0.39 is 0 Å². The number of ether oxygens (including phenoxy) is 1. The first kappa shape index (κ1) is 15.5. The molecule has 1 saturated heterocycles. The highest BCUT2D eigenvalue weighted by Gasteiger charge is 2.29. The lowest BCUT2D eigenvalue weighted by Crippen LogP contribution is -2.27. The minimum atomic E-state index is -0.330. The zero-order chi connectivity index (χ0) is 15.2. The zero-order valence-corrected chi connectivity index (χ0v) is 12.5. The second-order valence-electron chi connectivity index (χ2n) is 5.44. The van der Waals surface area contributed by atoms with Crippen LogP contribution in [0.2, 0.25) is 0 Å². The summed E-state index contributed by atoms with van der Waals surface area (Å²) in [6.07, 6.45) is 0.799. The first-order valence-corrected chi connectivity index (χ1v) is 7.40. The number of esters is 1. The van der Waals surface area contributed by atoms with Crippen LogP contribution in [-0.2, 0) is 9.53 Å². The molecule has 1 fully saturated rings. The molecule has 0 radical (unpaired) electrons. The van der Waals surface area contributed by atoms with E-state index in [1.165, 1.54) is 0 Å². The smallest absolute Gasteiger partial charge is 0.338 e.